The number of imidazole rings is 1. The maximum absolute atomic E-state index is 10.1. The van der Waals surface area contributed by atoms with Crippen LogP contribution in [-0.2, 0) is 0 Å². The van der Waals surface area contributed by atoms with Crippen molar-refractivity contribution in [1.82, 2.24) is 14.4 Å². The predicted molar refractivity (Wildman–Crippen MR) is 67.7 cm³/mol. The number of hydrogen-bond acceptors (Lipinski definition) is 4. The van der Waals surface area contributed by atoms with Crippen molar-refractivity contribution in [3.63, 3.8) is 0 Å². The summed E-state index contributed by atoms with van der Waals surface area (Å²) in [5.41, 5.74) is 4.85. The number of fused-ring (bicyclic) bond motifs is 1. The van der Waals surface area contributed by atoms with Crippen LogP contribution in [0.5, 0.6) is 0 Å². The first-order valence-corrected chi connectivity index (χ1v) is 6.02. The molecule has 0 unspecified atom stereocenters. The van der Waals surface area contributed by atoms with E-state index >= 15 is 0 Å². The van der Waals surface area contributed by atoms with Gasteiger partial charge in [0.1, 0.15) is 15.9 Å². The van der Waals surface area contributed by atoms with Gasteiger partial charge in [-0.25, -0.2) is 9.97 Å². The Hall–Kier alpha value is -1.14. The van der Waals surface area contributed by atoms with Crippen LogP contribution in [0.4, 0.5) is 5.82 Å². The van der Waals surface area contributed by atoms with E-state index in [4.69, 9.17) is 9.85 Å². The molecule has 1 saturated carbocycles. The predicted octanol–water partition coefficient (Wildman–Crippen LogP) is 1.70. The topological polar surface area (TPSA) is 76.4 Å². The molecule has 0 amide bonds. The van der Waals surface area contributed by atoms with E-state index in [1.54, 1.807) is 16.8 Å². The first-order valence-electron chi connectivity index (χ1n) is 6.73. The molecule has 5 nitrogen and oxygen atoms in total. The number of nitrogens with two attached hydrogens (primary N) is 1. The van der Waals surface area contributed by atoms with Crippen molar-refractivity contribution in [1.29, 1.82) is 0 Å². The molecule has 1 fully saturated rings. The molecular weight excluding hydrogens is 284 g/mol. The molecule has 2 heterocycles. The van der Waals surface area contributed by atoms with Gasteiger partial charge in [-0.15, -0.1) is 0 Å². The Kier molecular flexibility index (Phi) is 1.62. The van der Waals surface area contributed by atoms with Crippen molar-refractivity contribution in [2.24, 2.45) is 0 Å². The molecule has 3 rings (SSSR count). The second-order valence-electron chi connectivity index (χ2n) is 4.43. The molecule has 17 heavy (non-hydrogen) atoms. The third-order valence-electron chi connectivity index (χ3n) is 3.10. The Morgan fingerprint density at radius 2 is 2.47 bits per heavy atom. The van der Waals surface area contributed by atoms with Crippen molar-refractivity contribution in [2.45, 2.75) is 31.2 Å². The van der Waals surface area contributed by atoms with Crippen molar-refractivity contribution in [3.05, 3.63) is 22.8 Å². The molecule has 0 saturated heterocycles. The highest BCUT2D eigenvalue weighted by Gasteiger charge is 2.41. The van der Waals surface area contributed by atoms with E-state index in [1.807, 2.05) is 0 Å². The molecule has 2 aromatic heterocycles. The Balaban J connectivity index is 1.97. The summed E-state index contributed by atoms with van der Waals surface area (Å²) in [6, 6.07) is 0. The third-order valence-corrected chi connectivity index (χ3v) is 3.65. The highest BCUT2D eigenvalue weighted by molar-refractivity contribution is 9.10. The zero-order valence-corrected chi connectivity index (χ0v) is 10.5. The summed E-state index contributed by atoms with van der Waals surface area (Å²) in [5, 5.41) is 10.1. The summed E-state index contributed by atoms with van der Waals surface area (Å²) in [6.07, 6.45) is 3.62. The van der Waals surface area contributed by atoms with Gasteiger partial charge in [-0.3, -0.25) is 4.40 Å². The molecule has 1 aliphatic rings. The zero-order chi connectivity index (χ0) is 14.7. The number of rotatable bonds is 1. The summed E-state index contributed by atoms with van der Waals surface area (Å²) in [4.78, 5) is 8.39. The van der Waals surface area contributed by atoms with Crippen LogP contribution >= 0.6 is 15.9 Å². The van der Waals surface area contributed by atoms with E-state index in [9.17, 15) is 5.11 Å². The second-order valence-corrected chi connectivity index (χ2v) is 5.18. The minimum atomic E-state index is -2.37. The molecule has 1 aliphatic carbocycles. The number of anilines is 1. The minimum Gasteiger partial charge on any atom is -0.390 e. The normalized spacial score (nSPS) is 31.6. The van der Waals surface area contributed by atoms with E-state index < -0.39 is 12.5 Å². The van der Waals surface area contributed by atoms with Crippen LogP contribution in [0, 0.1) is 0 Å². The van der Waals surface area contributed by atoms with Gasteiger partial charge in [0, 0.05) is 22.4 Å². The summed E-state index contributed by atoms with van der Waals surface area (Å²) < 4.78 is 24.4. The maximum Gasteiger partial charge on any atom is 0.150 e. The van der Waals surface area contributed by atoms with Crippen LogP contribution in [-0.4, -0.2) is 25.1 Å². The molecule has 0 atom stereocenters. The minimum absolute atomic E-state index is 0.110. The van der Waals surface area contributed by atoms with Crippen LogP contribution in [0.15, 0.2) is 17.0 Å². The largest absolute Gasteiger partial charge is 0.390 e. The monoisotopic (exact) mass is 299 g/mol. The summed E-state index contributed by atoms with van der Waals surface area (Å²) in [6.45, 7) is -2.37. The Morgan fingerprint density at radius 3 is 3.18 bits per heavy atom. The molecule has 6 heteroatoms. The average molecular weight is 300 g/mol. The van der Waals surface area contributed by atoms with Crippen molar-refractivity contribution >= 4 is 27.3 Å². The molecule has 0 spiro atoms. The average Bonchev–Trinajstić information content (AvgIpc) is 2.62. The lowest BCUT2D eigenvalue weighted by atomic mass is 9.72. The van der Waals surface area contributed by atoms with E-state index in [1.165, 1.54) is 0 Å². The van der Waals surface area contributed by atoms with Crippen LogP contribution in [0.3, 0.4) is 0 Å². The highest BCUT2D eigenvalue weighted by Crippen LogP contribution is 2.44. The number of hydrogen-bond donors (Lipinski definition) is 2. The van der Waals surface area contributed by atoms with E-state index in [0.29, 0.717) is 21.8 Å². The van der Waals surface area contributed by atoms with Crippen molar-refractivity contribution < 1.29 is 9.22 Å². The van der Waals surface area contributed by atoms with Gasteiger partial charge in [0.05, 0.1) is 5.60 Å². The van der Waals surface area contributed by atoms with Gasteiger partial charge in [-0.2, -0.15) is 0 Å². The van der Waals surface area contributed by atoms with Crippen molar-refractivity contribution in [2.75, 3.05) is 5.73 Å². The lowest BCUT2D eigenvalue weighted by Crippen LogP contribution is -2.40. The van der Waals surface area contributed by atoms with Crippen LogP contribution < -0.4 is 5.73 Å². The van der Waals surface area contributed by atoms with Gasteiger partial charge in [-0.05, 0) is 35.6 Å². The molecular formula is C11H13BrN4O. The fourth-order valence-corrected chi connectivity index (χ4v) is 2.84. The van der Waals surface area contributed by atoms with Gasteiger partial charge >= 0.3 is 0 Å². The quantitative estimate of drug-likeness (QED) is 0.840. The number of aliphatic hydroxyl groups is 1. The maximum atomic E-state index is 10.1. The van der Waals surface area contributed by atoms with E-state index in [0.717, 1.165) is 0 Å². The summed E-state index contributed by atoms with van der Waals surface area (Å²) >= 11 is 3.33. The van der Waals surface area contributed by atoms with Gasteiger partial charge < -0.3 is 10.8 Å². The van der Waals surface area contributed by atoms with Crippen molar-refractivity contribution in [3.8, 4) is 0 Å². The van der Waals surface area contributed by atoms with Crippen LogP contribution in [0.2, 0.25) is 0 Å². The van der Waals surface area contributed by atoms with E-state index in [2.05, 4.69) is 25.9 Å². The first kappa shape index (κ1) is 8.05. The smallest absolute Gasteiger partial charge is 0.150 e. The van der Waals surface area contributed by atoms with E-state index in [-0.39, 0.29) is 18.8 Å². The lowest BCUT2D eigenvalue weighted by Gasteiger charge is -2.40. The van der Waals surface area contributed by atoms with Gasteiger partial charge in [0.25, 0.3) is 0 Å². The van der Waals surface area contributed by atoms with Gasteiger partial charge in [0.15, 0.2) is 5.82 Å². The highest BCUT2D eigenvalue weighted by atomic mass is 79.9. The third kappa shape index (κ3) is 1.63. The van der Waals surface area contributed by atoms with Crippen LogP contribution in [0.1, 0.15) is 35.5 Å². The fraction of sp³-hybridized carbons (Fsp3) is 0.455. The fourth-order valence-electron chi connectivity index (χ4n) is 2.27. The first-order chi connectivity index (χ1) is 9.23. The molecule has 0 radical (unpaired) electrons. The number of halogens is 1. The Labute approximate surface area is 111 Å². The lowest BCUT2D eigenvalue weighted by molar-refractivity contribution is -0.0335. The SMILES string of the molecule is [2H]C([2H])([2H])[C@]1(O)C[C@H](c2nc(Br)c3c(N)nccn32)C1. The molecule has 2 aromatic rings. The molecule has 90 valence electrons. The van der Waals surface area contributed by atoms with Gasteiger partial charge in [0.2, 0.25) is 0 Å². The number of nitrogen functional groups attached to an aromatic ring is 1. The Morgan fingerprint density at radius 1 is 1.71 bits per heavy atom. The standard InChI is InChI=1S/C11H13BrN4O/c1-11(17)4-6(5-11)10-15-8(12)7-9(13)14-2-3-16(7)10/h2-3,6,17H,4-5H2,1H3,(H2,13,14)/t6-,11-/i1D3. The number of aromatic nitrogens is 3. The molecule has 0 aromatic carbocycles. The second kappa shape index (κ2) is 3.43. The van der Waals surface area contributed by atoms with Gasteiger partial charge in [-0.1, -0.05) is 0 Å². The number of nitrogens with zero attached hydrogens (tertiary/aromatic N) is 3. The summed E-state index contributed by atoms with van der Waals surface area (Å²) in [7, 11) is 0. The van der Waals surface area contributed by atoms with Crippen LogP contribution in [0.25, 0.3) is 5.52 Å². The molecule has 0 bridgehead atoms. The summed E-state index contributed by atoms with van der Waals surface area (Å²) in [5.74, 6) is 0.930. The Bertz CT molecular complexity index is 678. The molecule has 3 N–H and O–H groups in total. The molecule has 0 aliphatic heterocycles. The zero-order valence-electron chi connectivity index (χ0n) is 11.9.